The number of aromatic nitrogens is 3. The molecule has 9 nitrogen and oxygen atoms in total. The number of hydrogen-bond donors (Lipinski definition) is 2. The van der Waals surface area contributed by atoms with Crippen LogP contribution in [-0.4, -0.2) is 67.5 Å². The van der Waals surface area contributed by atoms with Gasteiger partial charge in [-0.15, -0.1) is 17.5 Å². The topological polar surface area (TPSA) is 99.5 Å². The van der Waals surface area contributed by atoms with Crippen LogP contribution in [-0.2, 0) is 4.74 Å². The molecule has 0 spiro atoms. The molecule has 148 valence electrons. The van der Waals surface area contributed by atoms with E-state index in [2.05, 4.69) is 20.9 Å². The summed E-state index contributed by atoms with van der Waals surface area (Å²) in [7, 11) is 1.65. The molecule has 2 heterocycles. The van der Waals surface area contributed by atoms with E-state index in [0.717, 1.165) is 12.2 Å². The number of carbonyl (C=O) groups excluding carboxylic acids is 1. The van der Waals surface area contributed by atoms with Crippen molar-refractivity contribution in [2.75, 3.05) is 46.6 Å². The van der Waals surface area contributed by atoms with Crippen LogP contribution in [0.15, 0.2) is 18.2 Å². The van der Waals surface area contributed by atoms with Crippen molar-refractivity contribution in [3.05, 3.63) is 29.6 Å². The molecule has 2 N–H and O–H groups in total. The van der Waals surface area contributed by atoms with E-state index in [9.17, 15) is 4.79 Å². The van der Waals surface area contributed by atoms with Crippen molar-refractivity contribution < 1.29 is 19.0 Å². The van der Waals surface area contributed by atoms with Gasteiger partial charge in [0.1, 0.15) is 13.2 Å². The van der Waals surface area contributed by atoms with E-state index in [-0.39, 0.29) is 18.3 Å². The van der Waals surface area contributed by atoms with Gasteiger partial charge in [0.25, 0.3) is 5.91 Å². The number of ether oxygens (including phenoxy) is 3. The SMILES string of the molecule is COCCNCCNC(=O)c1nnn(-c2ccc3c(c2)OCCO3)c1C.Cl. The van der Waals surface area contributed by atoms with Gasteiger partial charge in [0.2, 0.25) is 0 Å². The van der Waals surface area contributed by atoms with Crippen LogP contribution in [0, 0.1) is 6.92 Å². The summed E-state index contributed by atoms with van der Waals surface area (Å²) in [4.78, 5) is 12.3. The number of halogens is 1. The van der Waals surface area contributed by atoms with Crippen LogP contribution in [0.1, 0.15) is 16.2 Å². The molecular weight excluding hydrogens is 374 g/mol. The standard InChI is InChI=1S/C17H23N5O4.ClH/c1-12-16(17(23)19-6-5-18-7-8-24-2)20-21-22(12)13-3-4-14-15(11-13)26-10-9-25-14;/h3-4,11,18H,5-10H2,1-2H3,(H,19,23);1H. The fraction of sp³-hybridized carbons (Fsp3) is 0.471. The molecule has 1 aromatic carbocycles. The second-order valence-electron chi connectivity index (χ2n) is 5.76. The molecule has 2 aromatic rings. The van der Waals surface area contributed by atoms with Crippen LogP contribution in [0.2, 0.25) is 0 Å². The fourth-order valence-corrected chi connectivity index (χ4v) is 2.60. The van der Waals surface area contributed by atoms with Crippen molar-refractivity contribution in [1.82, 2.24) is 25.6 Å². The quantitative estimate of drug-likeness (QED) is 0.633. The predicted octanol–water partition coefficient (Wildman–Crippen LogP) is 0.735. The second kappa shape index (κ2) is 10.1. The minimum absolute atomic E-state index is 0. The Morgan fingerprint density at radius 2 is 2.00 bits per heavy atom. The molecular formula is C17H24ClN5O4. The molecule has 0 bridgehead atoms. The van der Waals surface area contributed by atoms with Crippen LogP contribution >= 0.6 is 12.4 Å². The highest BCUT2D eigenvalue weighted by Crippen LogP contribution is 2.32. The zero-order chi connectivity index (χ0) is 18.4. The molecule has 0 radical (unpaired) electrons. The summed E-state index contributed by atoms with van der Waals surface area (Å²) in [6.45, 7) is 5.40. The first-order valence-electron chi connectivity index (χ1n) is 8.51. The Kier molecular flexibility index (Phi) is 7.83. The lowest BCUT2D eigenvalue weighted by Gasteiger charge is -2.18. The Labute approximate surface area is 163 Å². The van der Waals surface area contributed by atoms with Gasteiger partial charge in [0, 0.05) is 32.8 Å². The highest BCUT2D eigenvalue weighted by atomic mass is 35.5. The summed E-state index contributed by atoms with van der Waals surface area (Å²) < 4.78 is 17.7. The maximum absolute atomic E-state index is 12.3. The molecule has 3 rings (SSSR count). The summed E-state index contributed by atoms with van der Waals surface area (Å²) in [6.07, 6.45) is 0. The Balaban J connectivity index is 0.00000261. The largest absolute Gasteiger partial charge is 0.486 e. The molecule has 1 aliphatic heterocycles. The lowest BCUT2D eigenvalue weighted by atomic mass is 10.2. The summed E-state index contributed by atoms with van der Waals surface area (Å²) in [5.41, 5.74) is 1.72. The molecule has 1 aliphatic rings. The predicted molar refractivity (Wildman–Crippen MR) is 101 cm³/mol. The molecule has 1 aromatic heterocycles. The first-order valence-corrected chi connectivity index (χ1v) is 8.51. The monoisotopic (exact) mass is 397 g/mol. The molecule has 0 aliphatic carbocycles. The molecule has 0 atom stereocenters. The number of benzene rings is 1. The van der Waals surface area contributed by atoms with Crippen molar-refractivity contribution in [2.45, 2.75) is 6.92 Å². The van der Waals surface area contributed by atoms with Gasteiger partial charge in [-0.3, -0.25) is 4.79 Å². The zero-order valence-corrected chi connectivity index (χ0v) is 16.2. The molecule has 10 heteroatoms. The van der Waals surface area contributed by atoms with Crippen molar-refractivity contribution in [2.24, 2.45) is 0 Å². The van der Waals surface area contributed by atoms with Gasteiger partial charge < -0.3 is 24.8 Å². The van der Waals surface area contributed by atoms with Crippen LogP contribution in [0.25, 0.3) is 5.69 Å². The van der Waals surface area contributed by atoms with Gasteiger partial charge in [0.05, 0.1) is 18.0 Å². The minimum atomic E-state index is -0.250. The number of fused-ring (bicyclic) bond motifs is 1. The van der Waals surface area contributed by atoms with E-state index in [1.54, 1.807) is 11.8 Å². The minimum Gasteiger partial charge on any atom is -0.486 e. The third-order valence-electron chi connectivity index (χ3n) is 3.95. The van der Waals surface area contributed by atoms with Crippen molar-refractivity contribution >= 4 is 18.3 Å². The number of rotatable bonds is 8. The maximum Gasteiger partial charge on any atom is 0.273 e. The number of methoxy groups -OCH3 is 1. The van der Waals surface area contributed by atoms with E-state index >= 15 is 0 Å². The highest BCUT2D eigenvalue weighted by Gasteiger charge is 2.19. The number of amides is 1. The molecule has 0 fully saturated rings. The number of nitrogens with one attached hydrogen (secondary N) is 2. The first-order chi connectivity index (χ1) is 12.7. The molecule has 0 saturated carbocycles. The summed E-state index contributed by atoms with van der Waals surface area (Å²) >= 11 is 0. The number of carbonyl (C=O) groups is 1. The number of hydrogen-bond acceptors (Lipinski definition) is 7. The average Bonchev–Trinajstić information content (AvgIpc) is 3.05. The van der Waals surface area contributed by atoms with E-state index in [4.69, 9.17) is 14.2 Å². The third-order valence-corrected chi connectivity index (χ3v) is 3.95. The van der Waals surface area contributed by atoms with Gasteiger partial charge in [0.15, 0.2) is 17.2 Å². The maximum atomic E-state index is 12.3. The van der Waals surface area contributed by atoms with E-state index in [1.807, 2.05) is 25.1 Å². The van der Waals surface area contributed by atoms with Gasteiger partial charge in [-0.25, -0.2) is 4.68 Å². The van der Waals surface area contributed by atoms with E-state index in [0.29, 0.717) is 55.8 Å². The van der Waals surface area contributed by atoms with Gasteiger partial charge in [-0.05, 0) is 19.1 Å². The van der Waals surface area contributed by atoms with Crippen LogP contribution in [0.3, 0.4) is 0 Å². The molecule has 0 saturated heterocycles. The highest BCUT2D eigenvalue weighted by molar-refractivity contribution is 5.93. The summed E-state index contributed by atoms with van der Waals surface area (Å²) in [5.74, 6) is 1.12. The zero-order valence-electron chi connectivity index (χ0n) is 15.4. The van der Waals surface area contributed by atoms with Crippen molar-refractivity contribution in [1.29, 1.82) is 0 Å². The fourth-order valence-electron chi connectivity index (χ4n) is 2.60. The van der Waals surface area contributed by atoms with Crippen molar-refractivity contribution in [3.8, 4) is 17.2 Å². The van der Waals surface area contributed by atoms with Gasteiger partial charge >= 0.3 is 0 Å². The Hall–Kier alpha value is -2.36. The Bertz CT molecular complexity index is 768. The smallest absolute Gasteiger partial charge is 0.273 e. The Morgan fingerprint density at radius 1 is 1.22 bits per heavy atom. The molecule has 0 unspecified atom stereocenters. The average molecular weight is 398 g/mol. The molecule has 27 heavy (non-hydrogen) atoms. The van der Waals surface area contributed by atoms with Crippen LogP contribution in [0.5, 0.6) is 11.5 Å². The van der Waals surface area contributed by atoms with Crippen LogP contribution in [0.4, 0.5) is 0 Å². The first kappa shape index (κ1) is 20.9. The summed E-state index contributed by atoms with van der Waals surface area (Å²) in [6, 6.07) is 5.52. The van der Waals surface area contributed by atoms with E-state index in [1.165, 1.54) is 0 Å². The van der Waals surface area contributed by atoms with E-state index < -0.39 is 0 Å². The Morgan fingerprint density at radius 3 is 2.78 bits per heavy atom. The van der Waals surface area contributed by atoms with Gasteiger partial charge in [-0.2, -0.15) is 0 Å². The molecule has 1 amide bonds. The summed E-state index contributed by atoms with van der Waals surface area (Å²) in [5, 5.41) is 14.1. The normalized spacial score (nSPS) is 12.4. The second-order valence-corrected chi connectivity index (χ2v) is 5.76. The van der Waals surface area contributed by atoms with Crippen LogP contribution < -0.4 is 20.1 Å². The lowest BCUT2D eigenvalue weighted by molar-refractivity contribution is 0.0948. The lowest BCUT2D eigenvalue weighted by Crippen LogP contribution is -2.33. The van der Waals surface area contributed by atoms with Crippen molar-refractivity contribution in [3.63, 3.8) is 0 Å². The third kappa shape index (κ3) is 5.09. The number of nitrogens with zero attached hydrogens (tertiary/aromatic N) is 3. The van der Waals surface area contributed by atoms with Gasteiger partial charge in [-0.1, -0.05) is 5.21 Å².